The van der Waals surface area contributed by atoms with Gasteiger partial charge in [-0.15, -0.1) is 0 Å². The van der Waals surface area contributed by atoms with E-state index in [-0.39, 0.29) is 5.56 Å². The first-order chi connectivity index (χ1) is 7.93. The molecule has 17 heavy (non-hydrogen) atoms. The first kappa shape index (κ1) is 12.0. The lowest BCUT2D eigenvalue weighted by molar-refractivity contribution is 0.627. The molecule has 0 unspecified atom stereocenters. The van der Waals surface area contributed by atoms with Gasteiger partial charge >= 0.3 is 0 Å². The summed E-state index contributed by atoms with van der Waals surface area (Å²) in [5.41, 5.74) is 8.53. The summed E-state index contributed by atoms with van der Waals surface area (Å²) in [6.45, 7) is 3.80. The molecule has 0 aliphatic rings. The van der Waals surface area contributed by atoms with Crippen molar-refractivity contribution in [3.8, 4) is 5.69 Å². The number of hydrogen-bond acceptors (Lipinski definition) is 2. The number of aromatic nitrogens is 2. The number of nitrogen functional groups attached to an aromatic ring is 1. The van der Waals surface area contributed by atoms with Gasteiger partial charge < -0.3 is 5.73 Å². The molecule has 0 aliphatic carbocycles. The van der Waals surface area contributed by atoms with Crippen LogP contribution in [0.25, 0.3) is 5.69 Å². The quantitative estimate of drug-likeness (QED) is 0.876. The smallest absolute Gasteiger partial charge is 0.294 e. The molecule has 0 atom stereocenters. The summed E-state index contributed by atoms with van der Waals surface area (Å²) in [7, 11) is 1.83. The van der Waals surface area contributed by atoms with Crippen molar-refractivity contribution in [2.75, 3.05) is 5.73 Å². The third kappa shape index (κ3) is 1.80. The molecule has 1 aromatic carbocycles. The SMILES string of the molecule is Cc1cc(Br)ccc1-n1c(=O)c(N)c(C)n1C. The van der Waals surface area contributed by atoms with E-state index in [0.29, 0.717) is 5.69 Å². The van der Waals surface area contributed by atoms with Crippen LogP contribution in [0.1, 0.15) is 11.3 Å². The van der Waals surface area contributed by atoms with Crippen LogP contribution in [0.4, 0.5) is 5.69 Å². The number of anilines is 1. The average Bonchev–Trinajstić information content (AvgIpc) is 2.45. The topological polar surface area (TPSA) is 52.9 Å². The number of rotatable bonds is 1. The van der Waals surface area contributed by atoms with Gasteiger partial charge in [0.15, 0.2) is 0 Å². The fourth-order valence-electron chi connectivity index (χ4n) is 1.86. The van der Waals surface area contributed by atoms with Crippen molar-refractivity contribution in [1.82, 2.24) is 9.36 Å². The van der Waals surface area contributed by atoms with Crippen molar-refractivity contribution in [2.24, 2.45) is 7.05 Å². The van der Waals surface area contributed by atoms with Crippen LogP contribution in [-0.2, 0) is 7.05 Å². The molecule has 0 amide bonds. The molecule has 4 nitrogen and oxygen atoms in total. The van der Waals surface area contributed by atoms with E-state index in [2.05, 4.69) is 15.9 Å². The Balaban J connectivity index is 2.78. The Morgan fingerprint density at radius 2 is 1.94 bits per heavy atom. The summed E-state index contributed by atoms with van der Waals surface area (Å²) in [5.74, 6) is 0. The third-order valence-electron chi connectivity index (χ3n) is 2.99. The lowest BCUT2D eigenvalue weighted by Crippen LogP contribution is -2.21. The van der Waals surface area contributed by atoms with Crippen molar-refractivity contribution < 1.29 is 0 Å². The van der Waals surface area contributed by atoms with Gasteiger partial charge in [-0.2, -0.15) is 0 Å². The Morgan fingerprint density at radius 1 is 1.29 bits per heavy atom. The molecular formula is C12H14BrN3O. The molecule has 0 radical (unpaired) electrons. The number of halogens is 1. The normalized spacial score (nSPS) is 10.8. The van der Waals surface area contributed by atoms with Crippen LogP contribution < -0.4 is 11.3 Å². The number of nitrogens with two attached hydrogens (primary N) is 1. The van der Waals surface area contributed by atoms with Crippen LogP contribution in [-0.4, -0.2) is 9.36 Å². The summed E-state index contributed by atoms with van der Waals surface area (Å²) in [5, 5.41) is 0. The van der Waals surface area contributed by atoms with Crippen molar-refractivity contribution >= 4 is 21.6 Å². The number of aryl methyl sites for hydroxylation is 1. The molecule has 2 rings (SSSR count). The fourth-order valence-corrected chi connectivity index (χ4v) is 2.33. The van der Waals surface area contributed by atoms with Gasteiger partial charge in [0.05, 0.1) is 11.4 Å². The molecule has 1 aromatic heterocycles. The first-order valence-electron chi connectivity index (χ1n) is 5.24. The molecule has 2 N–H and O–H groups in total. The summed E-state index contributed by atoms with van der Waals surface area (Å²) in [6.07, 6.45) is 0. The Morgan fingerprint density at radius 3 is 2.41 bits per heavy atom. The molecule has 0 bridgehead atoms. The molecule has 0 spiro atoms. The maximum absolute atomic E-state index is 12.1. The Kier molecular flexibility index (Phi) is 2.87. The second kappa shape index (κ2) is 4.07. The monoisotopic (exact) mass is 295 g/mol. The molecule has 1 heterocycles. The van der Waals surface area contributed by atoms with Gasteiger partial charge in [-0.05, 0) is 37.6 Å². The molecule has 2 aromatic rings. The molecule has 90 valence electrons. The second-order valence-corrected chi connectivity index (χ2v) is 4.99. The summed E-state index contributed by atoms with van der Waals surface area (Å²) >= 11 is 3.41. The summed E-state index contributed by atoms with van der Waals surface area (Å²) in [6, 6.07) is 5.79. The highest BCUT2D eigenvalue weighted by Crippen LogP contribution is 2.19. The van der Waals surface area contributed by atoms with Gasteiger partial charge in [0, 0.05) is 11.5 Å². The Hall–Kier alpha value is -1.49. The predicted molar refractivity (Wildman–Crippen MR) is 72.6 cm³/mol. The highest BCUT2D eigenvalue weighted by Gasteiger charge is 2.14. The second-order valence-electron chi connectivity index (χ2n) is 4.07. The fraction of sp³-hybridized carbons (Fsp3) is 0.250. The van der Waals surface area contributed by atoms with E-state index >= 15 is 0 Å². The van der Waals surface area contributed by atoms with E-state index in [1.54, 1.807) is 9.36 Å². The van der Waals surface area contributed by atoms with Crippen LogP contribution in [0.2, 0.25) is 0 Å². The van der Waals surface area contributed by atoms with Crippen LogP contribution in [0.3, 0.4) is 0 Å². The number of hydrogen-bond donors (Lipinski definition) is 1. The standard InChI is InChI=1S/C12H14BrN3O/c1-7-6-9(13)4-5-10(7)16-12(17)11(14)8(2)15(16)3/h4-6H,14H2,1-3H3. The first-order valence-corrected chi connectivity index (χ1v) is 6.03. The minimum absolute atomic E-state index is 0.171. The maximum Gasteiger partial charge on any atom is 0.294 e. The molecule has 0 fully saturated rings. The van der Waals surface area contributed by atoms with E-state index in [1.807, 2.05) is 39.1 Å². The molecule has 0 aliphatic heterocycles. The average molecular weight is 296 g/mol. The van der Waals surface area contributed by atoms with E-state index in [9.17, 15) is 4.79 Å². The van der Waals surface area contributed by atoms with E-state index in [1.165, 1.54) is 0 Å². The van der Waals surface area contributed by atoms with Gasteiger partial charge in [0.2, 0.25) is 0 Å². The van der Waals surface area contributed by atoms with Crippen LogP contribution in [0, 0.1) is 13.8 Å². The lowest BCUT2D eigenvalue weighted by Gasteiger charge is -2.11. The minimum Gasteiger partial charge on any atom is -0.393 e. The number of nitrogens with zero attached hydrogens (tertiary/aromatic N) is 2. The molecule has 5 heteroatoms. The van der Waals surface area contributed by atoms with Gasteiger partial charge in [0.1, 0.15) is 5.69 Å². The van der Waals surface area contributed by atoms with Crippen molar-refractivity contribution in [1.29, 1.82) is 0 Å². The van der Waals surface area contributed by atoms with E-state index in [0.717, 1.165) is 21.4 Å². The van der Waals surface area contributed by atoms with Gasteiger partial charge in [-0.1, -0.05) is 15.9 Å². The zero-order chi connectivity index (χ0) is 12.7. The van der Waals surface area contributed by atoms with Crippen molar-refractivity contribution in [3.05, 3.63) is 44.3 Å². The van der Waals surface area contributed by atoms with Crippen molar-refractivity contribution in [2.45, 2.75) is 13.8 Å². The highest BCUT2D eigenvalue weighted by atomic mass is 79.9. The Bertz CT molecular complexity index is 640. The van der Waals surface area contributed by atoms with E-state index in [4.69, 9.17) is 5.73 Å². The predicted octanol–water partition coefficient (Wildman–Crippen LogP) is 2.14. The zero-order valence-corrected chi connectivity index (χ0v) is 11.6. The Labute approximate surface area is 108 Å². The zero-order valence-electron chi connectivity index (χ0n) is 9.99. The third-order valence-corrected chi connectivity index (χ3v) is 3.48. The van der Waals surface area contributed by atoms with Crippen LogP contribution in [0.5, 0.6) is 0 Å². The highest BCUT2D eigenvalue weighted by molar-refractivity contribution is 9.10. The number of benzene rings is 1. The van der Waals surface area contributed by atoms with Gasteiger partial charge in [0.25, 0.3) is 5.56 Å². The molecule has 0 saturated carbocycles. The molecular weight excluding hydrogens is 282 g/mol. The lowest BCUT2D eigenvalue weighted by atomic mass is 10.2. The summed E-state index contributed by atoms with van der Waals surface area (Å²) in [4.78, 5) is 12.1. The minimum atomic E-state index is -0.171. The van der Waals surface area contributed by atoms with Crippen LogP contribution >= 0.6 is 15.9 Å². The maximum atomic E-state index is 12.1. The van der Waals surface area contributed by atoms with Crippen molar-refractivity contribution in [3.63, 3.8) is 0 Å². The van der Waals surface area contributed by atoms with E-state index < -0.39 is 0 Å². The van der Waals surface area contributed by atoms with Gasteiger partial charge in [-0.3, -0.25) is 9.48 Å². The van der Waals surface area contributed by atoms with Crippen LogP contribution in [0.15, 0.2) is 27.5 Å². The molecule has 0 saturated heterocycles. The van der Waals surface area contributed by atoms with Gasteiger partial charge in [-0.25, -0.2) is 4.68 Å². The summed E-state index contributed by atoms with van der Waals surface area (Å²) < 4.78 is 4.35. The largest absolute Gasteiger partial charge is 0.393 e.